The number of hydrogen-bond acceptors (Lipinski definition) is 4. The highest BCUT2D eigenvalue weighted by Gasteiger charge is 2.30. The molecule has 0 aliphatic heterocycles. The summed E-state index contributed by atoms with van der Waals surface area (Å²) < 4.78 is 0. The van der Waals surface area contributed by atoms with Crippen molar-refractivity contribution >= 4 is 23.0 Å². The van der Waals surface area contributed by atoms with Gasteiger partial charge in [0, 0.05) is 12.5 Å². The van der Waals surface area contributed by atoms with Crippen molar-refractivity contribution in [2.45, 2.75) is 33.1 Å². The fourth-order valence-electron chi connectivity index (χ4n) is 3.19. The molecule has 1 unspecified atom stereocenters. The molecule has 2 aliphatic rings. The first-order valence-corrected chi connectivity index (χ1v) is 7.89. The summed E-state index contributed by atoms with van der Waals surface area (Å²) in [6.07, 6.45) is 6.25. The monoisotopic (exact) mass is 309 g/mol. The first-order chi connectivity index (χ1) is 11.1. The molecule has 0 saturated heterocycles. The minimum Gasteiger partial charge on any atom is -0.318 e. The molecule has 1 aromatic rings. The van der Waals surface area contributed by atoms with E-state index >= 15 is 0 Å². The lowest BCUT2D eigenvalue weighted by atomic mass is 9.87. The van der Waals surface area contributed by atoms with E-state index in [0.717, 1.165) is 12.8 Å². The van der Waals surface area contributed by atoms with Gasteiger partial charge in [0.2, 0.25) is 5.78 Å². The number of oxime groups is 1. The number of benzene rings is 1. The number of ketones is 1. The van der Waals surface area contributed by atoms with Gasteiger partial charge in [-0.25, -0.2) is 4.79 Å². The minimum atomic E-state index is -0.524. The fourth-order valence-corrected chi connectivity index (χ4v) is 3.19. The summed E-state index contributed by atoms with van der Waals surface area (Å²) in [5.74, 6) is -0.229. The second-order valence-corrected chi connectivity index (χ2v) is 5.86. The second kappa shape index (κ2) is 6.32. The first kappa shape index (κ1) is 15.4. The fraction of sp³-hybridized carbons (Fsp3) is 0.316. The molecule has 3 rings (SSSR count). The number of Topliss-reactive ketones (excluding diaryl/α,β-unsaturated/α-hetero) is 1. The van der Waals surface area contributed by atoms with Crippen LogP contribution in [0.15, 0.2) is 47.1 Å². The Labute approximate surface area is 135 Å². The molecule has 0 heterocycles. The highest BCUT2D eigenvalue weighted by molar-refractivity contribution is 6.46. The van der Waals surface area contributed by atoms with Crippen LogP contribution >= 0.6 is 0 Å². The number of allylic oxidation sites excluding steroid dienone is 4. The van der Waals surface area contributed by atoms with E-state index in [1.54, 1.807) is 0 Å². The number of carbonyl (C=O) groups excluding carboxylic acids is 2. The number of fused-ring (bicyclic) bond motifs is 3. The molecule has 4 nitrogen and oxygen atoms in total. The Bertz CT molecular complexity index is 756. The van der Waals surface area contributed by atoms with Crippen LogP contribution in [0.2, 0.25) is 0 Å². The first-order valence-electron chi connectivity index (χ1n) is 7.89. The Morgan fingerprint density at radius 3 is 2.83 bits per heavy atom. The molecule has 0 bridgehead atoms. The van der Waals surface area contributed by atoms with Crippen molar-refractivity contribution in [1.82, 2.24) is 0 Å². The predicted molar refractivity (Wildman–Crippen MR) is 88.8 cm³/mol. The second-order valence-electron chi connectivity index (χ2n) is 5.86. The van der Waals surface area contributed by atoms with Gasteiger partial charge >= 0.3 is 5.97 Å². The average Bonchev–Trinajstić information content (AvgIpc) is 2.92. The van der Waals surface area contributed by atoms with Crippen molar-refractivity contribution in [1.29, 1.82) is 0 Å². The highest BCUT2D eigenvalue weighted by Crippen LogP contribution is 2.42. The van der Waals surface area contributed by atoms with E-state index < -0.39 is 5.97 Å². The van der Waals surface area contributed by atoms with Gasteiger partial charge in [-0.05, 0) is 48.0 Å². The lowest BCUT2D eigenvalue weighted by molar-refractivity contribution is -0.140. The van der Waals surface area contributed by atoms with E-state index in [1.165, 1.54) is 23.6 Å². The van der Waals surface area contributed by atoms with Crippen molar-refractivity contribution < 1.29 is 14.4 Å². The summed E-state index contributed by atoms with van der Waals surface area (Å²) >= 11 is 0. The van der Waals surface area contributed by atoms with Crippen LogP contribution in [0.5, 0.6) is 0 Å². The van der Waals surface area contributed by atoms with Gasteiger partial charge in [0.15, 0.2) is 0 Å². The van der Waals surface area contributed by atoms with E-state index in [0.29, 0.717) is 17.9 Å². The lowest BCUT2D eigenvalue weighted by Crippen LogP contribution is -2.18. The van der Waals surface area contributed by atoms with E-state index in [1.807, 2.05) is 25.1 Å². The quantitative estimate of drug-likeness (QED) is 0.486. The molecule has 1 atom stereocenters. The van der Waals surface area contributed by atoms with Crippen LogP contribution in [0.25, 0.3) is 5.57 Å². The van der Waals surface area contributed by atoms with E-state index in [9.17, 15) is 9.59 Å². The molecule has 1 aromatic carbocycles. The zero-order valence-electron chi connectivity index (χ0n) is 13.3. The Kier molecular flexibility index (Phi) is 4.24. The zero-order valence-corrected chi connectivity index (χ0v) is 13.3. The van der Waals surface area contributed by atoms with Gasteiger partial charge in [0.25, 0.3) is 0 Å². The van der Waals surface area contributed by atoms with Crippen molar-refractivity contribution in [3.05, 3.63) is 53.1 Å². The number of rotatable bonds is 4. The molecule has 0 fully saturated rings. The summed E-state index contributed by atoms with van der Waals surface area (Å²) in [4.78, 5) is 28.1. The standard InChI is InChI=1S/C19H19NO3/c1-3-18(20-23-12(2)21)19(22)15-9-8-14-10-13-6-4-5-7-16(13)17(14)11-15/h4-7,9,11,14H,3,8,10H2,1-2H3. The summed E-state index contributed by atoms with van der Waals surface area (Å²) in [6.45, 7) is 3.09. The van der Waals surface area contributed by atoms with Gasteiger partial charge in [0.05, 0.1) is 0 Å². The van der Waals surface area contributed by atoms with Crippen molar-refractivity contribution in [3.63, 3.8) is 0 Å². The molecule has 0 saturated carbocycles. The topological polar surface area (TPSA) is 55.7 Å². The molecule has 0 radical (unpaired) electrons. The van der Waals surface area contributed by atoms with Crippen molar-refractivity contribution in [2.75, 3.05) is 0 Å². The molecule has 0 N–H and O–H groups in total. The lowest BCUT2D eigenvalue weighted by Gasteiger charge is -2.17. The zero-order chi connectivity index (χ0) is 16.4. The minimum absolute atomic E-state index is 0.163. The third-order valence-corrected chi connectivity index (χ3v) is 4.31. The largest absolute Gasteiger partial charge is 0.331 e. The summed E-state index contributed by atoms with van der Waals surface area (Å²) in [5, 5.41) is 3.69. The molecule has 2 aliphatic carbocycles. The molecular weight excluding hydrogens is 290 g/mol. The van der Waals surface area contributed by atoms with Gasteiger partial charge in [-0.15, -0.1) is 0 Å². The maximum atomic E-state index is 12.6. The number of nitrogens with zero attached hydrogens (tertiary/aromatic N) is 1. The molecule has 0 amide bonds. The Morgan fingerprint density at radius 1 is 1.30 bits per heavy atom. The number of hydrogen-bond donors (Lipinski definition) is 0. The highest BCUT2D eigenvalue weighted by atomic mass is 16.7. The summed E-state index contributed by atoms with van der Waals surface area (Å²) in [7, 11) is 0. The smallest absolute Gasteiger partial charge is 0.318 e. The maximum absolute atomic E-state index is 12.6. The van der Waals surface area contributed by atoms with Crippen LogP contribution in [-0.4, -0.2) is 17.5 Å². The Hall–Kier alpha value is -2.49. The van der Waals surface area contributed by atoms with Gasteiger partial charge < -0.3 is 4.84 Å². The molecule has 0 spiro atoms. The van der Waals surface area contributed by atoms with Gasteiger partial charge in [-0.3, -0.25) is 4.79 Å². The van der Waals surface area contributed by atoms with E-state index in [4.69, 9.17) is 0 Å². The third kappa shape index (κ3) is 3.02. The third-order valence-electron chi connectivity index (χ3n) is 4.31. The van der Waals surface area contributed by atoms with Crippen LogP contribution in [0.1, 0.15) is 37.8 Å². The number of carbonyl (C=O) groups is 2. The molecule has 23 heavy (non-hydrogen) atoms. The maximum Gasteiger partial charge on any atom is 0.331 e. The van der Waals surface area contributed by atoms with E-state index in [-0.39, 0.29) is 11.5 Å². The summed E-state index contributed by atoms with van der Waals surface area (Å²) in [6, 6.07) is 8.34. The van der Waals surface area contributed by atoms with Crippen molar-refractivity contribution in [3.8, 4) is 0 Å². The van der Waals surface area contributed by atoms with Crippen LogP contribution in [0, 0.1) is 5.92 Å². The predicted octanol–water partition coefficient (Wildman–Crippen LogP) is 3.47. The Balaban J connectivity index is 1.88. The van der Waals surface area contributed by atoms with Crippen LogP contribution in [0.4, 0.5) is 0 Å². The summed E-state index contributed by atoms with van der Waals surface area (Å²) in [5.41, 5.74) is 4.73. The molecule has 4 heteroatoms. The van der Waals surface area contributed by atoms with Crippen molar-refractivity contribution in [2.24, 2.45) is 11.1 Å². The van der Waals surface area contributed by atoms with E-state index in [2.05, 4.69) is 28.2 Å². The SMILES string of the molecule is CCC(=NOC(C)=O)C(=O)C1=CCC2Cc3ccccc3C2=C1. The average molecular weight is 309 g/mol. The van der Waals surface area contributed by atoms with Crippen LogP contribution < -0.4 is 0 Å². The normalized spacial score (nSPS) is 19.4. The molecule has 118 valence electrons. The van der Waals surface area contributed by atoms with Gasteiger partial charge in [-0.1, -0.05) is 42.4 Å². The van der Waals surface area contributed by atoms with Gasteiger partial charge in [-0.2, -0.15) is 0 Å². The van der Waals surface area contributed by atoms with Gasteiger partial charge in [0.1, 0.15) is 5.71 Å². The Morgan fingerprint density at radius 2 is 2.09 bits per heavy atom. The molecular formula is C19H19NO3. The molecule has 0 aromatic heterocycles. The van der Waals surface area contributed by atoms with Crippen LogP contribution in [0.3, 0.4) is 0 Å². The van der Waals surface area contributed by atoms with Crippen LogP contribution in [-0.2, 0) is 20.8 Å².